The molecule has 0 bridgehead atoms. The first-order valence-corrected chi connectivity index (χ1v) is 5.52. The predicted octanol–water partition coefficient (Wildman–Crippen LogP) is 1.12. The Bertz CT molecular complexity index is 388. The molecule has 0 saturated carbocycles. The number of rotatable bonds is 5. The molecular formula is C13H19NO3. The number of aliphatic hydroxyl groups is 1. The van der Waals surface area contributed by atoms with Gasteiger partial charge in [0.25, 0.3) is 0 Å². The van der Waals surface area contributed by atoms with Gasteiger partial charge >= 0.3 is 0 Å². The molecule has 0 saturated heterocycles. The first kappa shape index (κ1) is 13.5. The minimum absolute atomic E-state index is 0.0926. The van der Waals surface area contributed by atoms with Crippen molar-refractivity contribution in [2.75, 3.05) is 13.7 Å². The van der Waals surface area contributed by atoms with E-state index in [1.54, 1.807) is 21.0 Å². The largest absolute Gasteiger partial charge is 0.496 e. The maximum Gasteiger partial charge on any atom is 0.225 e. The van der Waals surface area contributed by atoms with Gasteiger partial charge in [-0.2, -0.15) is 0 Å². The Morgan fingerprint density at radius 2 is 2.06 bits per heavy atom. The van der Waals surface area contributed by atoms with Gasteiger partial charge in [0.2, 0.25) is 5.91 Å². The summed E-state index contributed by atoms with van der Waals surface area (Å²) in [6.07, 6.45) is 0.243. The third-order valence-corrected chi connectivity index (χ3v) is 2.42. The molecule has 4 nitrogen and oxygen atoms in total. The minimum Gasteiger partial charge on any atom is -0.496 e. The Labute approximate surface area is 102 Å². The Hall–Kier alpha value is -1.55. The number of methoxy groups -OCH3 is 1. The molecule has 4 heteroatoms. The number of nitrogens with one attached hydrogen (secondary N) is 1. The first-order chi connectivity index (χ1) is 7.98. The van der Waals surface area contributed by atoms with Crippen molar-refractivity contribution in [3.05, 3.63) is 29.8 Å². The Morgan fingerprint density at radius 1 is 1.41 bits per heavy atom. The SMILES string of the molecule is COc1ccccc1CC(=O)NC(C)(C)CO. The molecule has 0 fully saturated rings. The number of ether oxygens (including phenoxy) is 1. The van der Waals surface area contributed by atoms with Crippen LogP contribution in [0, 0.1) is 0 Å². The number of aliphatic hydroxyl groups excluding tert-OH is 1. The van der Waals surface area contributed by atoms with Gasteiger partial charge < -0.3 is 15.2 Å². The zero-order valence-electron chi connectivity index (χ0n) is 10.5. The normalized spacial score (nSPS) is 11.1. The second-order valence-corrected chi connectivity index (χ2v) is 4.58. The molecule has 0 aliphatic rings. The molecule has 0 spiro atoms. The van der Waals surface area contributed by atoms with Gasteiger partial charge in [0.05, 0.1) is 25.7 Å². The fourth-order valence-electron chi connectivity index (χ4n) is 1.48. The number of para-hydroxylation sites is 1. The van der Waals surface area contributed by atoms with E-state index < -0.39 is 5.54 Å². The van der Waals surface area contributed by atoms with E-state index in [0.717, 1.165) is 5.56 Å². The highest BCUT2D eigenvalue weighted by molar-refractivity contribution is 5.80. The Kier molecular flexibility index (Phi) is 4.52. The fraction of sp³-hybridized carbons (Fsp3) is 0.462. The van der Waals surface area contributed by atoms with Gasteiger partial charge in [-0.1, -0.05) is 18.2 Å². The van der Waals surface area contributed by atoms with Gasteiger partial charge in [0.15, 0.2) is 0 Å². The molecule has 2 N–H and O–H groups in total. The zero-order chi connectivity index (χ0) is 12.9. The summed E-state index contributed by atoms with van der Waals surface area (Å²) < 4.78 is 5.17. The van der Waals surface area contributed by atoms with Crippen molar-refractivity contribution in [3.8, 4) is 5.75 Å². The van der Waals surface area contributed by atoms with Gasteiger partial charge in [-0.15, -0.1) is 0 Å². The number of hydrogen-bond acceptors (Lipinski definition) is 3. The molecule has 0 atom stereocenters. The lowest BCUT2D eigenvalue weighted by molar-refractivity contribution is -0.122. The molecule has 1 amide bonds. The van der Waals surface area contributed by atoms with Gasteiger partial charge in [-0.3, -0.25) is 4.79 Å². The number of carbonyl (C=O) groups is 1. The van der Waals surface area contributed by atoms with Crippen LogP contribution in [-0.4, -0.2) is 30.3 Å². The van der Waals surface area contributed by atoms with Crippen molar-refractivity contribution in [1.29, 1.82) is 0 Å². The molecule has 1 rings (SSSR count). The van der Waals surface area contributed by atoms with Crippen molar-refractivity contribution >= 4 is 5.91 Å². The van der Waals surface area contributed by atoms with E-state index in [9.17, 15) is 4.79 Å². The lowest BCUT2D eigenvalue weighted by Gasteiger charge is -2.23. The summed E-state index contributed by atoms with van der Waals surface area (Å²) in [6.45, 7) is 3.45. The number of carbonyl (C=O) groups excluding carboxylic acids is 1. The highest BCUT2D eigenvalue weighted by Crippen LogP contribution is 2.17. The van der Waals surface area contributed by atoms with Crippen molar-refractivity contribution in [1.82, 2.24) is 5.32 Å². The van der Waals surface area contributed by atoms with Gasteiger partial charge in [-0.25, -0.2) is 0 Å². The lowest BCUT2D eigenvalue weighted by atomic mass is 10.1. The first-order valence-electron chi connectivity index (χ1n) is 5.52. The van der Waals surface area contributed by atoms with E-state index in [0.29, 0.717) is 5.75 Å². The summed E-state index contributed by atoms with van der Waals surface area (Å²) in [5.74, 6) is 0.568. The van der Waals surface area contributed by atoms with Crippen LogP contribution in [0.25, 0.3) is 0 Å². The molecular weight excluding hydrogens is 218 g/mol. The molecule has 0 heterocycles. The number of benzene rings is 1. The summed E-state index contributed by atoms with van der Waals surface area (Å²) >= 11 is 0. The number of hydrogen-bond donors (Lipinski definition) is 2. The topological polar surface area (TPSA) is 58.6 Å². The molecule has 0 aliphatic heterocycles. The molecule has 0 aromatic heterocycles. The minimum atomic E-state index is -0.598. The van der Waals surface area contributed by atoms with E-state index >= 15 is 0 Å². The van der Waals surface area contributed by atoms with Gasteiger partial charge in [-0.05, 0) is 19.9 Å². The highest BCUT2D eigenvalue weighted by atomic mass is 16.5. The molecule has 0 unspecified atom stereocenters. The van der Waals surface area contributed by atoms with Crippen LogP contribution in [0.4, 0.5) is 0 Å². The summed E-state index contributed by atoms with van der Waals surface area (Å²) in [5.41, 5.74) is 0.236. The summed E-state index contributed by atoms with van der Waals surface area (Å²) in [7, 11) is 1.58. The van der Waals surface area contributed by atoms with Crippen LogP contribution >= 0.6 is 0 Å². The fourth-order valence-corrected chi connectivity index (χ4v) is 1.48. The molecule has 0 radical (unpaired) electrons. The van der Waals surface area contributed by atoms with E-state index in [1.165, 1.54) is 0 Å². The second kappa shape index (κ2) is 5.68. The highest BCUT2D eigenvalue weighted by Gasteiger charge is 2.19. The van der Waals surface area contributed by atoms with E-state index in [-0.39, 0.29) is 18.9 Å². The Balaban J connectivity index is 2.68. The van der Waals surface area contributed by atoms with Crippen molar-refractivity contribution in [2.45, 2.75) is 25.8 Å². The molecule has 1 aromatic carbocycles. The van der Waals surface area contributed by atoms with Crippen LogP contribution in [0.2, 0.25) is 0 Å². The summed E-state index contributed by atoms with van der Waals surface area (Å²) in [5, 5.41) is 11.8. The maximum atomic E-state index is 11.8. The smallest absolute Gasteiger partial charge is 0.225 e. The third-order valence-electron chi connectivity index (χ3n) is 2.42. The van der Waals surface area contributed by atoms with E-state index in [2.05, 4.69) is 5.32 Å². The van der Waals surface area contributed by atoms with Crippen LogP contribution in [0.15, 0.2) is 24.3 Å². The predicted molar refractivity (Wildman–Crippen MR) is 66.0 cm³/mol. The lowest BCUT2D eigenvalue weighted by Crippen LogP contribution is -2.46. The van der Waals surface area contributed by atoms with Crippen molar-refractivity contribution in [2.24, 2.45) is 0 Å². The average molecular weight is 237 g/mol. The molecule has 17 heavy (non-hydrogen) atoms. The summed E-state index contributed by atoms with van der Waals surface area (Å²) in [6, 6.07) is 7.39. The maximum absolute atomic E-state index is 11.8. The van der Waals surface area contributed by atoms with Gasteiger partial charge in [0, 0.05) is 5.56 Å². The van der Waals surface area contributed by atoms with Crippen LogP contribution in [0.1, 0.15) is 19.4 Å². The third kappa shape index (κ3) is 4.07. The van der Waals surface area contributed by atoms with E-state index in [4.69, 9.17) is 9.84 Å². The molecule has 0 aliphatic carbocycles. The monoisotopic (exact) mass is 237 g/mol. The molecule has 94 valence electrons. The van der Waals surface area contributed by atoms with Crippen molar-refractivity contribution < 1.29 is 14.6 Å². The zero-order valence-corrected chi connectivity index (χ0v) is 10.5. The number of amides is 1. The van der Waals surface area contributed by atoms with Crippen LogP contribution in [-0.2, 0) is 11.2 Å². The van der Waals surface area contributed by atoms with Crippen LogP contribution in [0.5, 0.6) is 5.75 Å². The average Bonchev–Trinajstić information content (AvgIpc) is 2.29. The molecule has 1 aromatic rings. The van der Waals surface area contributed by atoms with Crippen LogP contribution in [0.3, 0.4) is 0 Å². The Morgan fingerprint density at radius 3 is 2.65 bits per heavy atom. The summed E-state index contributed by atoms with van der Waals surface area (Å²) in [4.78, 5) is 11.8. The van der Waals surface area contributed by atoms with E-state index in [1.807, 2.05) is 24.3 Å². The second-order valence-electron chi connectivity index (χ2n) is 4.58. The van der Waals surface area contributed by atoms with Gasteiger partial charge in [0.1, 0.15) is 5.75 Å². The van der Waals surface area contributed by atoms with Crippen LogP contribution < -0.4 is 10.1 Å². The standard InChI is InChI=1S/C13H19NO3/c1-13(2,9-15)14-12(16)8-10-6-4-5-7-11(10)17-3/h4-7,15H,8-9H2,1-3H3,(H,14,16). The quantitative estimate of drug-likeness (QED) is 0.807. The van der Waals surface area contributed by atoms with Crippen molar-refractivity contribution in [3.63, 3.8) is 0 Å².